The highest BCUT2D eigenvalue weighted by atomic mass is 15.1. The van der Waals surface area contributed by atoms with Crippen molar-refractivity contribution >= 4 is 16.6 Å². The van der Waals surface area contributed by atoms with E-state index in [0.29, 0.717) is 0 Å². The number of nitrogen functional groups attached to an aromatic ring is 1. The Morgan fingerprint density at radius 1 is 1.45 bits per heavy atom. The summed E-state index contributed by atoms with van der Waals surface area (Å²) in [7, 11) is 0. The summed E-state index contributed by atoms with van der Waals surface area (Å²) in [5, 5.41) is 8.11. The van der Waals surface area contributed by atoms with Gasteiger partial charge in [-0.25, -0.2) is 0 Å². The first-order valence-electron chi connectivity index (χ1n) is 3.47. The molecule has 0 radical (unpaired) electrons. The van der Waals surface area contributed by atoms with Crippen LogP contribution >= 0.6 is 0 Å². The van der Waals surface area contributed by atoms with Crippen LogP contribution < -0.4 is 5.73 Å². The summed E-state index contributed by atoms with van der Waals surface area (Å²) in [6, 6.07) is 5.72. The summed E-state index contributed by atoms with van der Waals surface area (Å²) in [5.41, 5.74) is 8.35. The van der Waals surface area contributed by atoms with Gasteiger partial charge in [0.05, 0.1) is 5.52 Å². The molecule has 2 aromatic rings. The minimum absolute atomic E-state index is 0.754. The van der Waals surface area contributed by atoms with Crippen molar-refractivity contribution in [2.75, 3.05) is 5.73 Å². The molecule has 3 nitrogen and oxygen atoms in total. The molecule has 0 spiro atoms. The maximum absolute atomic E-state index is 5.58. The summed E-state index contributed by atoms with van der Waals surface area (Å²) in [4.78, 5) is 0. The van der Waals surface area contributed by atoms with E-state index in [0.717, 1.165) is 22.3 Å². The van der Waals surface area contributed by atoms with E-state index in [1.807, 2.05) is 25.1 Å². The number of rotatable bonds is 0. The highest BCUT2D eigenvalue weighted by molar-refractivity contribution is 5.83. The molecule has 11 heavy (non-hydrogen) atoms. The summed E-state index contributed by atoms with van der Waals surface area (Å²) in [6.45, 7) is 1.99. The first-order chi connectivity index (χ1) is 5.27. The molecule has 3 heteroatoms. The highest BCUT2D eigenvalue weighted by Crippen LogP contribution is 2.17. The lowest BCUT2D eigenvalue weighted by molar-refractivity contribution is 1.07. The predicted molar refractivity (Wildman–Crippen MR) is 45.2 cm³/mol. The number of aryl methyl sites for hydroxylation is 1. The molecule has 0 bridgehead atoms. The lowest BCUT2D eigenvalue weighted by Gasteiger charge is -1.90. The molecule has 3 N–H and O–H groups in total. The van der Waals surface area contributed by atoms with Crippen molar-refractivity contribution in [1.82, 2.24) is 10.2 Å². The predicted octanol–water partition coefficient (Wildman–Crippen LogP) is 1.45. The lowest BCUT2D eigenvalue weighted by atomic mass is 10.2. The molecular formula is C8H9N3. The van der Waals surface area contributed by atoms with Gasteiger partial charge in [-0.05, 0) is 25.1 Å². The molecule has 0 amide bonds. The Balaban J connectivity index is 2.86. The van der Waals surface area contributed by atoms with Gasteiger partial charge in [0, 0.05) is 16.8 Å². The maximum Gasteiger partial charge on any atom is 0.0944 e. The zero-order valence-corrected chi connectivity index (χ0v) is 6.26. The topological polar surface area (TPSA) is 54.7 Å². The molecule has 0 aliphatic rings. The summed E-state index contributed by atoms with van der Waals surface area (Å²) >= 11 is 0. The normalized spacial score (nSPS) is 10.6. The van der Waals surface area contributed by atoms with Crippen LogP contribution in [-0.4, -0.2) is 10.2 Å². The molecule has 0 aliphatic carbocycles. The van der Waals surface area contributed by atoms with E-state index < -0.39 is 0 Å². The Hall–Kier alpha value is -1.51. The number of aromatic nitrogens is 2. The maximum atomic E-state index is 5.58. The van der Waals surface area contributed by atoms with E-state index in [1.54, 1.807) is 0 Å². The molecule has 2 rings (SSSR count). The molecule has 1 aromatic heterocycles. The lowest BCUT2D eigenvalue weighted by Crippen LogP contribution is -1.82. The first-order valence-corrected chi connectivity index (χ1v) is 3.47. The van der Waals surface area contributed by atoms with Gasteiger partial charge in [-0.2, -0.15) is 5.10 Å². The second-order valence-electron chi connectivity index (χ2n) is 2.63. The summed E-state index contributed by atoms with van der Waals surface area (Å²) < 4.78 is 0. The Bertz CT molecular complexity index is 389. The Morgan fingerprint density at radius 2 is 2.27 bits per heavy atom. The van der Waals surface area contributed by atoms with Crippen molar-refractivity contribution in [2.24, 2.45) is 0 Å². The van der Waals surface area contributed by atoms with Crippen molar-refractivity contribution in [2.45, 2.75) is 6.92 Å². The van der Waals surface area contributed by atoms with E-state index >= 15 is 0 Å². The number of anilines is 1. The van der Waals surface area contributed by atoms with Crippen molar-refractivity contribution in [3.63, 3.8) is 0 Å². The summed E-state index contributed by atoms with van der Waals surface area (Å²) in [6.07, 6.45) is 0. The standard InChI is InChI=1S/C8H9N3/c1-5-7-3-2-6(9)4-8(7)11-10-5/h2-4H,9H2,1H3,(H,10,11). The van der Waals surface area contributed by atoms with Gasteiger partial charge in [0.1, 0.15) is 0 Å². The Morgan fingerprint density at radius 3 is 3.09 bits per heavy atom. The van der Waals surface area contributed by atoms with Crippen LogP contribution in [0.2, 0.25) is 0 Å². The van der Waals surface area contributed by atoms with E-state index in [-0.39, 0.29) is 0 Å². The van der Waals surface area contributed by atoms with Gasteiger partial charge >= 0.3 is 0 Å². The zero-order chi connectivity index (χ0) is 7.84. The van der Waals surface area contributed by atoms with E-state index in [1.165, 1.54) is 0 Å². The Kier molecular flexibility index (Phi) is 1.12. The number of nitrogens with two attached hydrogens (primary N) is 1. The molecule has 0 aliphatic heterocycles. The molecule has 1 heterocycles. The number of nitrogens with one attached hydrogen (secondary N) is 1. The van der Waals surface area contributed by atoms with Crippen LogP contribution in [0.4, 0.5) is 5.69 Å². The van der Waals surface area contributed by atoms with Crippen molar-refractivity contribution < 1.29 is 0 Å². The fraction of sp³-hybridized carbons (Fsp3) is 0.125. The number of nitrogens with zero attached hydrogens (tertiary/aromatic N) is 1. The molecule has 0 fully saturated rings. The first kappa shape index (κ1) is 6.22. The molecule has 0 unspecified atom stereocenters. The number of hydrogen-bond donors (Lipinski definition) is 2. The van der Waals surface area contributed by atoms with E-state index in [2.05, 4.69) is 10.2 Å². The number of aromatic amines is 1. The number of benzene rings is 1. The van der Waals surface area contributed by atoms with Crippen molar-refractivity contribution in [3.8, 4) is 0 Å². The van der Waals surface area contributed by atoms with Gasteiger partial charge in [0.15, 0.2) is 0 Å². The van der Waals surface area contributed by atoms with Gasteiger partial charge in [-0.1, -0.05) is 0 Å². The Labute approximate surface area is 64.2 Å². The van der Waals surface area contributed by atoms with Gasteiger partial charge < -0.3 is 5.73 Å². The fourth-order valence-corrected chi connectivity index (χ4v) is 1.16. The third kappa shape index (κ3) is 0.852. The third-order valence-electron chi connectivity index (χ3n) is 1.77. The van der Waals surface area contributed by atoms with E-state index in [4.69, 9.17) is 5.73 Å². The minimum atomic E-state index is 0.754. The van der Waals surface area contributed by atoms with Gasteiger partial charge in [-0.15, -0.1) is 0 Å². The SMILES string of the molecule is Cc1[nH]nc2cc(N)ccc12. The van der Waals surface area contributed by atoms with Gasteiger partial charge in [-0.3, -0.25) is 5.10 Å². The highest BCUT2D eigenvalue weighted by Gasteiger charge is 1.99. The quantitative estimate of drug-likeness (QED) is 0.554. The van der Waals surface area contributed by atoms with Gasteiger partial charge in [0.25, 0.3) is 0 Å². The van der Waals surface area contributed by atoms with E-state index in [9.17, 15) is 0 Å². The number of H-pyrrole nitrogens is 1. The van der Waals surface area contributed by atoms with Crippen LogP contribution in [0, 0.1) is 6.92 Å². The van der Waals surface area contributed by atoms with Crippen LogP contribution in [0.3, 0.4) is 0 Å². The molecule has 56 valence electrons. The molecule has 0 saturated heterocycles. The molecular weight excluding hydrogens is 138 g/mol. The van der Waals surface area contributed by atoms with Crippen LogP contribution in [-0.2, 0) is 0 Å². The monoisotopic (exact) mass is 147 g/mol. The van der Waals surface area contributed by atoms with Crippen LogP contribution in [0.1, 0.15) is 5.69 Å². The molecule has 0 atom stereocenters. The van der Waals surface area contributed by atoms with Crippen molar-refractivity contribution in [3.05, 3.63) is 23.9 Å². The number of fused-ring (bicyclic) bond motifs is 1. The molecule has 1 aromatic carbocycles. The average Bonchev–Trinajstić information content (AvgIpc) is 2.32. The largest absolute Gasteiger partial charge is 0.399 e. The smallest absolute Gasteiger partial charge is 0.0944 e. The fourth-order valence-electron chi connectivity index (χ4n) is 1.16. The third-order valence-corrected chi connectivity index (χ3v) is 1.77. The van der Waals surface area contributed by atoms with Gasteiger partial charge in [0.2, 0.25) is 0 Å². The second-order valence-corrected chi connectivity index (χ2v) is 2.63. The second kappa shape index (κ2) is 1.99. The van der Waals surface area contributed by atoms with Crippen LogP contribution in [0.25, 0.3) is 10.9 Å². The van der Waals surface area contributed by atoms with Crippen molar-refractivity contribution in [1.29, 1.82) is 0 Å². The van der Waals surface area contributed by atoms with Crippen LogP contribution in [0.15, 0.2) is 18.2 Å². The van der Waals surface area contributed by atoms with Crippen LogP contribution in [0.5, 0.6) is 0 Å². The summed E-state index contributed by atoms with van der Waals surface area (Å²) in [5.74, 6) is 0. The molecule has 0 saturated carbocycles. The minimum Gasteiger partial charge on any atom is -0.399 e. The number of hydrogen-bond acceptors (Lipinski definition) is 2. The zero-order valence-electron chi connectivity index (χ0n) is 6.26. The average molecular weight is 147 g/mol.